The van der Waals surface area contributed by atoms with Crippen LogP contribution in [0, 0.1) is 0 Å². The quantitative estimate of drug-likeness (QED) is 0.0273. The van der Waals surface area contributed by atoms with Gasteiger partial charge >= 0.3 is 0 Å². The second-order valence-corrected chi connectivity index (χ2v) is 19.9. The van der Waals surface area contributed by atoms with Gasteiger partial charge in [-0.2, -0.15) is 0 Å². The largest absolute Gasteiger partial charge is 0.756 e. The lowest BCUT2D eigenvalue weighted by molar-refractivity contribution is -0.870. The summed E-state index contributed by atoms with van der Waals surface area (Å²) >= 11 is 0. The van der Waals surface area contributed by atoms with Gasteiger partial charge in [-0.1, -0.05) is 231 Å². The lowest BCUT2D eigenvalue weighted by atomic mass is 10.0. The van der Waals surface area contributed by atoms with Crippen LogP contribution in [0.4, 0.5) is 0 Å². The van der Waals surface area contributed by atoms with Crippen molar-refractivity contribution >= 4 is 13.7 Å². The van der Waals surface area contributed by atoms with Crippen LogP contribution in [0.25, 0.3) is 0 Å². The topological polar surface area (TPSA) is 108 Å². The molecular weight excluding hydrogens is 744 g/mol. The number of hydrogen-bond acceptors (Lipinski definition) is 6. The third-order valence-corrected chi connectivity index (χ3v) is 12.5. The number of allylic oxidation sites excluding steroid dienone is 1. The Morgan fingerprint density at radius 2 is 0.931 bits per heavy atom. The molecule has 0 aromatic heterocycles. The maximum absolute atomic E-state index is 12.9. The summed E-state index contributed by atoms with van der Waals surface area (Å²) in [4.78, 5) is 25.4. The van der Waals surface area contributed by atoms with Crippen molar-refractivity contribution in [2.24, 2.45) is 0 Å². The van der Waals surface area contributed by atoms with E-state index in [1.807, 2.05) is 27.2 Å². The highest BCUT2D eigenvalue weighted by molar-refractivity contribution is 7.45. The highest BCUT2D eigenvalue weighted by Crippen LogP contribution is 2.38. The molecule has 0 fully saturated rings. The summed E-state index contributed by atoms with van der Waals surface area (Å²) in [6.45, 7) is 4.68. The molecule has 0 rings (SSSR count). The van der Waals surface area contributed by atoms with Crippen molar-refractivity contribution in [3.8, 4) is 0 Å². The van der Waals surface area contributed by atoms with Crippen molar-refractivity contribution in [3.63, 3.8) is 0 Å². The SMILES string of the molecule is CCCCCCCCCCCCCCCCCC/C=C/C(O)C(COP(=O)([O-])OCC[N+](C)(C)C)NC(=O)CCCCCCCCCCCCCCCCCCCC. The van der Waals surface area contributed by atoms with E-state index in [4.69, 9.17) is 9.05 Å². The zero-order chi connectivity index (χ0) is 42.8. The first-order valence-corrected chi connectivity index (χ1v) is 26.5. The van der Waals surface area contributed by atoms with Crippen molar-refractivity contribution in [1.82, 2.24) is 5.32 Å². The Morgan fingerprint density at radius 1 is 0.586 bits per heavy atom. The van der Waals surface area contributed by atoms with E-state index >= 15 is 0 Å². The number of carbonyl (C=O) groups excluding carboxylic acids is 1. The van der Waals surface area contributed by atoms with Crippen LogP contribution in [0.2, 0.25) is 0 Å². The zero-order valence-electron chi connectivity index (χ0n) is 39.3. The van der Waals surface area contributed by atoms with Gasteiger partial charge in [0.15, 0.2) is 0 Å². The fourth-order valence-electron chi connectivity index (χ4n) is 7.51. The van der Waals surface area contributed by atoms with Crippen molar-refractivity contribution in [2.45, 2.75) is 257 Å². The van der Waals surface area contributed by atoms with Crippen molar-refractivity contribution in [1.29, 1.82) is 0 Å². The number of phosphoric acid groups is 1. The summed E-state index contributed by atoms with van der Waals surface area (Å²) < 4.78 is 23.3. The van der Waals surface area contributed by atoms with Crippen LogP contribution in [0.15, 0.2) is 12.2 Å². The van der Waals surface area contributed by atoms with Crippen LogP contribution in [-0.4, -0.2) is 68.5 Å². The Hall–Kier alpha value is -0.760. The van der Waals surface area contributed by atoms with E-state index in [2.05, 4.69) is 19.2 Å². The number of rotatable bonds is 46. The van der Waals surface area contributed by atoms with Gasteiger partial charge < -0.3 is 28.8 Å². The average Bonchev–Trinajstić information content (AvgIpc) is 3.17. The lowest BCUT2D eigenvalue weighted by Crippen LogP contribution is -2.45. The van der Waals surface area contributed by atoms with E-state index in [1.165, 1.54) is 186 Å². The molecule has 0 radical (unpaired) electrons. The number of nitrogens with zero attached hydrogens (tertiary/aromatic N) is 1. The predicted molar refractivity (Wildman–Crippen MR) is 247 cm³/mol. The molecule has 346 valence electrons. The second kappa shape index (κ2) is 41.6. The highest BCUT2D eigenvalue weighted by atomic mass is 31.2. The number of quaternary nitrogens is 1. The Balaban J connectivity index is 4.31. The van der Waals surface area contributed by atoms with Gasteiger partial charge in [0, 0.05) is 6.42 Å². The molecule has 0 aliphatic heterocycles. The zero-order valence-corrected chi connectivity index (χ0v) is 40.2. The second-order valence-electron chi connectivity index (χ2n) is 18.5. The van der Waals surface area contributed by atoms with Gasteiger partial charge in [-0.25, -0.2) is 0 Å². The molecule has 58 heavy (non-hydrogen) atoms. The molecule has 3 unspecified atom stereocenters. The molecule has 8 nitrogen and oxygen atoms in total. The minimum absolute atomic E-state index is 0.00241. The van der Waals surface area contributed by atoms with Gasteiger partial charge in [0.2, 0.25) is 5.91 Å². The maximum atomic E-state index is 12.9. The third-order valence-electron chi connectivity index (χ3n) is 11.5. The van der Waals surface area contributed by atoms with Crippen LogP contribution in [0.3, 0.4) is 0 Å². The number of aliphatic hydroxyl groups is 1. The molecule has 0 saturated carbocycles. The summed E-state index contributed by atoms with van der Waals surface area (Å²) in [5.74, 6) is -0.193. The van der Waals surface area contributed by atoms with Crippen LogP contribution >= 0.6 is 7.82 Å². The Morgan fingerprint density at radius 3 is 1.29 bits per heavy atom. The number of amides is 1. The first-order valence-electron chi connectivity index (χ1n) is 25.1. The summed E-state index contributed by atoms with van der Waals surface area (Å²) in [6.07, 6.45) is 48.3. The standard InChI is InChI=1S/C49H99N2O6P/c1-6-8-10-12-14-16-18-20-22-24-26-28-30-32-34-36-38-40-42-48(52)47(46-57-58(54,55)56-45-44-51(3,4)5)50-49(53)43-41-39-37-35-33-31-29-27-25-23-21-19-17-15-13-11-9-7-2/h40,42,47-48,52H,6-39,41,43-46H2,1-5H3,(H-,50,53,54,55)/b42-40+. The lowest BCUT2D eigenvalue weighted by Gasteiger charge is -2.29. The smallest absolute Gasteiger partial charge is 0.268 e. The monoisotopic (exact) mass is 843 g/mol. The molecule has 0 aromatic rings. The summed E-state index contributed by atoms with van der Waals surface area (Å²) in [5.41, 5.74) is 0. The summed E-state index contributed by atoms with van der Waals surface area (Å²) in [7, 11) is 1.27. The normalized spacial score (nSPS) is 14.3. The van der Waals surface area contributed by atoms with E-state index in [0.29, 0.717) is 17.4 Å². The number of nitrogens with one attached hydrogen (secondary N) is 1. The molecule has 0 bridgehead atoms. The first kappa shape index (κ1) is 57.2. The molecule has 2 N–H and O–H groups in total. The number of likely N-dealkylation sites (N-methyl/N-ethyl adjacent to an activating group) is 1. The minimum Gasteiger partial charge on any atom is -0.756 e. The first-order chi connectivity index (χ1) is 28.0. The van der Waals surface area contributed by atoms with E-state index in [-0.39, 0.29) is 19.1 Å². The number of hydrogen-bond donors (Lipinski definition) is 2. The van der Waals surface area contributed by atoms with E-state index in [0.717, 1.165) is 38.5 Å². The Bertz CT molecular complexity index is 958. The number of carbonyl (C=O) groups is 1. The fraction of sp³-hybridized carbons (Fsp3) is 0.939. The van der Waals surface area contributed by atoms with Crippen molar-refractivity contribution in [3.05, 3.63) is 12.2 Å². The van der Waals surface area contributed by atoms with Crippen molar-refractivity contribution < 1.29 is 32.9 Å². The molecule has 1 amide bonds. The minimum atomic E-state index is -4.59. The molecule has 3 atom stereocenters. The van der Waals surface area contributed by atoms with E-state index in [1.54, 1.807) is 6.08 Å². The summed E-state index contributed by atoms with van der Waals surface area (Å²) in [5, 5.41) is 13.8. The maximum Gasteiger partial charge on any atom is 0.268 e. The van der Waals surface area contributed by atoms with Gasteiger partial charge in [-0.3, -0.25) is 9.36 Å². The number of phosphoric ester groups is 1. The molecule has 0 heterocycles. The molecule has 0 aromatic carbocycles. The van der Waals surface area contributed by atoms with Crippen LogP contribution in [-0.2, 0) is 18.4 Å². The molecule has 0 saturated heterocycles. The predicted octanol–water partition coefficient (Wildman–Crippen LogP) is 13.7. The number of unbranched alkanes of at least 4 members (excludes halogenated alkanes) is 33. The highest BCUT2D eigenvalue weighted by Gasteiger charge is 2.23. The van der Waals surface area contributed by atoms with Crippen LogP contribution < -0.4 is 10.2 Å². The number of aliphatic hydroxyl groups excluding tert-OH is 1. The third kappa shape index (κ3) is 43.3. The van der Waals surface area contributed by atoms with Gasteiger partial charge in [0.25, 0.3) is 7.82 Å². The molecule has 0 spiro atoms. The van der Waals surface area contributed by atoms with Gasteiger partial charge in [0.1, 0.15) is 13.2 Å². The van der Waals surface area contributed by atoms with Gasteiger partial charge in [-0.15, -0.1) is 0 Å². The van der Waals surface area contributed by atoms with Crippen LogP contribution in [0.5, 0.6) is 0 Å². The molecular formula is C49H99N2O6P. The van der Waals surface area contributed by atoms with E-state index < -0.39 is 20.0 Å². The average molecular weight is 843 g/mol. The Kier molecular flexibility index (Phi) is 41.0. The fourth-order valence-corrected chi connectivity index (χ4v) is 8.23. The summed E-state index contributed by atoms with van der Waals surface area (Å²) in [6, 6.07) is -0.880. The van der Waals surface area contributed by atoms with Crippen molar-refractivity contribution in [2.75, 3.05) is 40.9 Å². The molecule has 9 heteroatoms. The van der Waals surface area contributed by atoms with E-state index in [9.17, 15) is 19.4 Å². The molecule has 0 aliphatic carbocycles. The van der Waals surface area contributed by atoms with Gasteiger partial charge in [-0.05, 0) is 19.3 Å². The van der Waals surface area contributed by atoms with Crippen LogP contribution in [0.1, 0.15) is 245 Å². The Labute approximate surface area is 361 Å². The van der Waals surface area contributed by atoms with Gasteiger partial charge in [0.05, 0.1) is 39.9 Å². The molecule has 0 aliphatic rings.